The van der Waals surface area contributed by atoms with Crippen molar-refractivity contribution < 1.29 is 14.3 Å². The number of carbonyl (C=O) groups excluding carboxylic acids is 2. The standard InChI is InChI=1S/C19H23NO3/c1-3-5-12-16(9-4-2)18(21)20-17(14-23-19(20)22)13-15-10-7-6-8-11-15/h6-8,10-11,16-17H,4,9,12-14H2,1-2H3/t16-,17+/m1/s1. The van der Waals surface area contributed by atoms with E-state index in [9.17, 15) is 9.59 Å². The Kier molecular flexibility index (Phi) is 6.22. The Morgan fingerprint density at radius 1 is 1.39 bits per heavy atom. The zero-order valence-electron chi connectivity index (χ0n) is 13.7. The smallest absolute Gasteiger partial charge is 0.416 e. The molecule has 0 N–H and O–H groups in total. The molecule has 1 fully saturated rings. The summed E-state index contributed by atoms with van der Waals surface area (Å²) in [6.45, 7) is 4.05. The molecule has 23 heavy (non-hydrogen) atoms. The summed E-state index contributed by atoms with van der Waals surface area (Å²) in [4.78, 5) is 26.2. The largest absolute Gasteiger partial charge is 0.447 e. The summed E-state index contributed by atoms with van der Waals surface area (Å²) < 4.78 is 5.13. The first kappa shape index (κ1) is 17.1. The van der Waals surface area contributed by atoms with Crippen molar-refractivity contribution in [3.05, 3.63) is 35.9 Å². The normalized spacial score (nSPS) is 18.1. The quantitative estimate of drug-likeness (QED) is 0.756. The minimum atomic E-state index is -0.526. The molecule has 0 radical (unpaired) electrons. The average Bonchev–Trinajstić information content (AvgIpc) is 2.92. The van der Waals surface area contributed by atoms with Crippen LogP contribution in [0.5, 0.6) is 0 Å². The molecular formula is C19H23NO3. The molecule has 1 aromatic rings. The molecule has 0 spiro atoms. The second kappa shape index (κ2) is 8.38. The summed E-state index contributed by atoms with van der Waals surface area (Å²) in [5, 5.41) is 0. The lowest BCUT2D eigenvalue weighted by Crippen LogP contribution is -2.43. The van der Waals surface area contributed by atoms with Crippen LogP contribution in [-0.2, 0) is 16.0 Å². The first-order valence-corrected chi connectivity index (χ1v) is 8.10. The van der Waals surface area contributed by atoms with Gasteiger partial charge in [-0.2, -0.15) is 0 Å². The molecule has 1 heterocycles. The lowest BCUT2D eigenvalue weighted by Gasteiger charge is -2.24. The molecule has 2 rings (SSSR count). The number of carbonyl (C=O) groups is 2. The molecule has 1 saturated heterocycles. The van der Waals surface area contributed by atoms with Crippen LogP contribution in [0.1, 0.15) is 38.7 Å². The Morgan fingerprint density at radius 2 is 2.13 bits per heavy atom. The number of hydrogen-bond donors (Lipinski definition) is 0. The molecule has 4 heteroatoms. The molecule has 2 amide bonds. The van der Waals surface area contributed by atoms with Crippen molar-refractivity contribution in [2.75, 3.05) is 6.61 Å². The highest BCUT2D eigenvalue weighted by atomic mass is 16.6. The van der Waals surface area contributed by atoms with Gasteiger partial charge in [0.2, 0.25) is 5.91 Å². The minimum absolute atomic E-state index is 0.155. The molecule has 0 aromatic heterocycles. The molecule has 0 bridgehead atoms. The SMILES string of the molecule is CC#CC[C@@H](CCC)C(=O)N1C(=O)OC[C@@H]1Cc1ccccc1. The minimum Gasteiger partial charge on any atom is -0.447 e. The third kappa shape index (κ3) is 4.35. The van der Waals surface area contributed by atoms with E-state index in [1.165, 1.54) is 4.90 Å². The van der Waals surface area contributed by atoms with Crippen molar-refractivity contribution in [2.45, 2.75) is 45.6 Å². The van der Waals surface area contributed by atoms with Crippen LogP contribution in [0.3, 0.4) is 0 Å². The maximum absolute atomic E-state index is 12.8. The molecule has 122 valence electrons. The first-order valence-electron chi connectivity index (χ1n) is 8.10. The number of hydrogen-bond acceptors (Lipinski definition) is 3. The Hall–Kier alpha value is -2.28. The second-order valence-electron chi connectivity index (χ2n) is 5.75. The van der Waals surface area contributed by atoms with Crippen LogP contribution in [0.15, 0.2) is 30.3 Å². The van der Waals surface area contributed by atoms with Gasteiger partial charge in [0.05, 0.1) is 6.04 Å². The number of imide groups is 1. The summed E-state index contributed by atoms with van der Waals surface area (Å²) in [5.41, 5.74) is 1.09. The van der Waals surface area contributed by atoms with Crippen LogP contribution in [0.2, 0.25) is 0 Å². The van der Waals surface area contributed by atoms with Crippen LogP contribution >= 0.6 is 0 Å². The van der Waals surface area contributed by atoms with Crippen LogP contribution in [0.4, 0.5) is 4.79 Å². The Morgan fingerprint density at radius 3 is 2.78 bits per heavy atom. The third-order valence-electron chi connectivity index (χ3n) is 4.02. The zero-order valence-corrected chi connectivity index (χ0v) is 13.7. The maximum Gasteiger partial charge on any atom is 0.416 e. The monoisotopic (exact) mass is 313 g/mol. The van der Waals surface area contributed by atoms with Crippen LogP contribution in [0.25, 0.3) is 0 Å². The van der Waals surface area contributed by atoms with Gasteiger partial charge < -0.3 is 4.74 Å². The van der Waals surface area contributed by atoms with Gasteiger partial charge in [0.15, 0.2) is 0 Å². The average molecular weight is 313 g/mol. The van der Waals surface area contributed by atoms with E-state index in [0.29, 0.717) is 12.8 Å². The highest BCUT2D eigenvalue weighted by Gasteiger charge is 2.40. The number of cyclic esters (lactones) is 1. The molecule has 4 nitrogen and oxygen atoms in total. The van der Waals surface area contributed by atoms with E-state index >= 15 is 0 Å². The molecule has 0 unspecified atom stereocenters. The van der Waals surface area contributed by atoms with Gasteiger partial charge in [0.1, 0.15) is 6.61 Å². The molecule has 0 aliphatic carbocycles. The number of ether oxygens (including phenoxy) is 1. The van der Waals surface area contributed by atoms with Crippen LogP contribution in [0, 0.1) is 17.8 Å². The van der Waals surface area contributed by atoms with Crippen molar-refractivity contribution >= 4 is 12.0 Å². The van der Waals surface area contributed by atoms with E-state index < -0.39 is 6.09 Å². The second-order valence-corrected chi connectivity index (χ2v) is 5.75. The van der Waals surface area contributed by atoms with E-state index in [-0.39, 0.29) is 24.5 Å². The van der Waals surface area contributed by atoms with E-state index in [0.717, 1.165) is 18.4 Å². The van der Waals surface area contributed by atoms with Crippen molar-refractivity contribution in [3.8, 4) is 11.8 Å². The lowest BCUT2D eigenvalue weighted by molar-refractivity contribution is -0.133. The molecule has 1 aromatic carbocycles. The van der Waals surface area contributed by atoms with Crippen molar-refractivity contribution in [1.82, 2.24) is 4.90 Å². The number of benzene rings is 1. The Bertz CT molecular complexity index is 600. The number of nitrogens with zero attached hydrogens (tertiary/aromatic N) is 1. The predicted octanol–water partition coefficient (Wildman–Crippen LogP) is 3.41. The van der Waals surface area contributed by atoms with Crippen LogP contribution in [-0.4, -0.2) is 29.5 Å². The van der Waals surface area contributed by atoms with E-state index in [1.54, 1.807) is 6.92 Å². The van der Waals surface area contributed by atoms with Gasteiger partial charge in [-0.05, 0) is 25.3 Å². The highest BCUT2D eigenvalue weighted by Crippen LogP contribution is 2.23. The summed E-state index contributed by atoms with van der Waals surface area (Å²) in [6.07, 6.45) is 2.20. The fourth-order valence-electron chi connectivity index (χ4n) is 2.85. The van der Waals surface area contributed by atoms with Crippen LogP contribution < -0.4 is 0 Å². The zero-order chi connectivity index (χ0) is 16.7. The lowest BCUT2D eigenvalue weighted by atomic mass is 9.97. The molecular weight excluding hydrogens is 290 g/mol. The van der Waals surface area contributed by atoms with Gasteiger partial charge in [-0.15, -0.1) is 11.8 Å². The number of rotatable bonds is 6. The van der Waals surface area contributed by atoms with E-state index in [2.05, 4.69) is 11.8 Å². The Balaban J connectivity index is 2.13. The molecule has 1 aliphatic rings. The predicted molar refractivity (Wildman–Crippen MR) is 88.6 cm³/mol. The van der Waals surface area contributed by atoms with Gasteiger partial charge in [0.25, 0.3) is 0 Å². The topological polar surface area (TPSA) is 46.6 Å². The maximum atomic E-state index is 12.8. The fourth-order valence-corrected chi connectivity index (χ4v) is 2.85. The molecule has 2 atom stereocenters. The van der Waals surface area contributed by atoms with Gasteiger partial charge >= 0.3 is 6.09 Å². The van der Waals surface area contributed by atoms with Gasteiger partial charge in [-0.1, -0.05) is 43.7 Å². The van der Waals surface area contributed by atoms with E-state index in [4.69, 9.17) is 4.74 Å². The van der Waals surface area contributed by atoms with Crippen molar-refractivity contribution in [2.24, 2.45) is 5.92 Å². The third-order valence-corrected chi connectivity index (χ3v) is 4.02. The van der Waals surface area contributed by atoms with Gasteiger partial charge in [-0.3, -0.25) is 4.79 Å². The number of amides is 2. The van der Waals surface area contributed by atoms with Crippen molar-refractivity contribution in [1.29, 1.82) is 0 Å². The summed E-state index contributed by atoms with van der Waals surface area (Å²) in [5.74, 6) is 5.40. The fraction of sp³-hybridized carbons (Fsp3) is 0.474. The highest BCUT2D eigenvalue weighted by molar-refractivity contribution is 5.95. The first-order chi connectivity index (χ1) is 11.2. The summed E-state index contributed by atoms with van der Waals surface area (Å²) in [7, 11) is 0. The molecule has 1 aliphatic heterocycles. The summed E-state index contributed by atoms with van der Waals surface area (Å²) in [6, 6.07) is 9.62. The van der Waals surface area contributed by atoms with Gasteiger partial charge in [0, 0.05) is 12.3 Å². The Labute approximate surface area is 137 Å². The van der Waals surface area contributed by atoms with Crippen molar-refractivity contribution in [3.63, 3.8) is 0 Å². The molecule has 0 saturated carbocycles. The van der Waals surface area contributed by atoms with Gasteiger partial charge in [-0.25, -0.2) is 9.69 Å². The van der Waals surface area contributed by atoms with E-state index in [1.807, 2.05) is 37.3 Å². The summed E-state index contributed by atoms with van der Waals surface area (Å²) >= 11 is 0.